The standard InChI is InChI=1S/C4H3S.Na.H2O4S/c1-2-4-5-3-1;;1-5(2,3)4/h1-3H;;(H2,1,2,3,4)/q-1;+1;. The Kier molecular flexibility index (Phi) is 9.28. The van der Waals surface area contributed by atoms with E-state index in [4.69, 9.17) is 17.5 Å². The maximum Gasteiger partial charge on any atom is 1.00 e. The third-order valence-electron chi connectivity index (χ3n) is 0.379. The summed E-state index contributed by atoms with van der Waals surface area (Å²) in [5.41, 5.74) is 0. The van der Waals surface area contributed by atoms with E-state index in [1.807, 2.05) is 17.5 Å². The van der Waals surface area contributed by atoms with Crippen LogP contribution in [0.3, 0.4) is 0 Å². The van der Waals surface area contributed by atoms with Crippen LogP contribution in [0, 0.1) is 5.38 Å². The molecular formula is C4H5NaO4S2. The van der Waals surface area contributed by atoms with Crippen molar-refractivity contribution in [3.05, 3.63) is 22.9 Å². The van der Waals surface area contributed by atoms with Crippen molar-refractivity contribution in [2.45, 2.75) is 0 Å². The molecule has 1 rings (SSSR count). The van der Waals surface area contributed by atoms with E-state index in [1.54, 1.807) is 11.3 Å². The van der Waals surface area contributed by atoms with Crippen molar-refractivity contribution in [1.29, 1.82) is 0 Å². The second-order valence-electron chi connectivity index (χ2n) is 1.18. The van der Waals surface area contributed by atoms with Crippen LogP contribution in [0.4, 0.5) is 0 Å². The molecule has 1 aromatic rings. The molecule has 7 heteroatoms. The zero-order chi connectivity index (χ0) is 8.04. The van der Waals surface area contributed by atoms with E-state index in [0.717, 1.165) is 0 Å². The first kappa shape index (κ1) is 14.1. The first-order valence-corrected chi connectivity index (χ1v) is 4.37. The molecule has 4 nitrogen and oxygen atoms in total. The molecule has 0 fully saturated rings. The molecule has 11 heavy (non-hydrogen) atoms. The topological polar surface area (TPSA) is 74.6 Å². The van der Waals surface area contributed by atoms with Crippen LogP contribution in [0.1, 0.15) is 0 Å². The zero-order valence-corrected chi connectivity index (χ0v) is 9.39. The monoisotopic (exact) mass is 204 g/mol. The summed E-state index contributed by atoms with van der Waals surface area (Å²) in [5, 5.41) is 4.89. The molecule has 1 heterocycles. The van der Waals surface area contributed by atoms with Crippen LogP contribution in [0.5, 0.6) is 0 Å². The Labute approximate surface area is 91.1 Å². The van der Waals surface area contributed by atoms with Crippen molar-refractivity contribution >= 4 is 21.7 Å². The normalized spacial score (nSPS) is 8.91. The molecule has 0 saturated heterocycles. The average Bonchev–Trinajstić information content (AvgIpc) is 2.07. The molecule has 2 N–H and O–H groups in total. The molecule has 0 aliphatic carbocycles. The Balaban J connectivity index is 0. The van der Waals surface area contributed by atoms with Crippen molar-refractivity contribution in [1.82, 2.24) is 0 Å². The van der Waals surface area contributed by atoms with Crippen LogP contribution in [0.25, 0.3) is 0 Å². The van der Waals surface area contributed by atoms with E-state index < -0.39 is 10.4 Å². The van der Waals surface area contributed by atoms with Crippen molar-refractivity contribution < 1.29 is 47.1 Å². The van der Waals surface area contributed by atoms with Crippen LogP contribution in [-0.4, -0.2) is 17.5 Å². The van der Waals surface area contributed by atoms with Gasteiger partial charge in [-0.05, 0) is 0 Å². The van der Waals surface area contributed by atoms with Crippen LogP contribution >= 0.6 is 11.3 Å². The number of thiophene rings is 1. The molecule has 0 aromatic carbocycles. The molecule has 0 saturated carbocycles. The SMILES string of the molecule is O=S(=O)(O)O.[Na+].[c-]1cccs1. The minimum atomic E-state index is -4.67. The van der Waals surface area contributed by atoms with E-state index >= 15 is 0 Å². The summed E-state index contributed by atoms with van der Waals surface area (Å²) in [5.74, 6) is 0. The summed E-state index contributed by atoms with van der Waals surface area (Å²) in [6, 6.07) is 3.86. The molecule has 0 radical (unpaired) electrons. The first-order chi connectivity index (χ1) is 4.50. The molecule has 0 amide bonds. The van der Waals surface area contributed by atoms with E-state index in [0.29, 0.717) is 0 Å². The fourth-order valence-corrected chi connectivity index (χ4v) is 0.589. The Hall–Kier alpha value is 0.570. The second kappa shape index (κ2) is 7.23. The van der Waals surface area contributed by atoms with Crippen LogP contribution < -0.4 is 29.6 Å². The molecule has 0 spiro atoms. The summed E-state index contributed by atoms with van der Waals surface area (Å²) in [7, 11) is -4.67. The average molecular weight is 204 g/mol. The molecule has 0 aliphatic rings. The van der Waals surface area contributed by atoms with Gasteiger partial charge in [-0.3, -0.25) is 9.11 Å². The van der Waals surface area contributed by atoms with Gasteiger partial charge in [-0.1, -0.05) is 0 Å². The quantitative estimate of drug-likeness (QED) is 0.288. The van der Waals surface area contributed by atoms with Gasteiger partial charge in [0.05, 0.1) is 0 Å². The largest absolute Gasteiger partial charge is 1.00 e. The summed E-state index contributed by atoms with van der Waals surface area (Å²) in [6.07, 6.45) is 0. The van der Waals surface area contributed by atoms with Gasteiger partial charge in [-0.2, -0.15) is 19.9 Å². The van der Waals surface area contributed by atoms with Gasteiger partial charge >= 0.3 is 40.0 Å². The fraction of sp³-hybridized carbons (Fsp3) is 0. The number of hydrogen-bond donors (Lipinski definition) is 2. The van der Waals surface area contributed by atoms with Gasteiger partial charge in [0.1, 0.15) is 0 Å². The van der Waals surface area contributed by atoms with E-state index in [9.17, 15) is 0 Å². The van der Waals surface area contributed by atoms with Crippen molar-refractivity contribution in [2.75, 3.05) is 0 Å². The molecule has 0 aliphatic heterocycles. The van der Waals surface area contributed by atoms with Gasteiger partial charge in [-0.25, -0.2) is 6.07 Å². The molecule has 0 unspecified atom stereocenters. The van der Waals surface area contributed by atoms with Gasteiger partial charge in [0, 0.05) is 0 Å². The number of rotatable bonds is 0. The minimum absolute atomic E-state index is 0. The third kappa shape index (κ3) is 25.0. The smallest absolute Gasteiger partial charge is 0.304 e. The third-order valence-corrected chi connectivity index (χ3v) is 0.944. The van der Waals surface area contributed by atoms with Gasteiger partial charge in [0.15, 0.2) is 0 Å². The van der Waals surface area contributed by atoms with Gasteiger partial charge in [0.25, 0.3) is 0 Å². The van der Waals surface area contributed by atoms with Gasteiger partial charge in [0.2, 0.25) is 0 Å². The van der Waals surface area contributed by atoms with E-state index in [2.05, 4.69) is 5.38 Å². The van der Waals surface area contributed by atoms with Crippen LogP contribution in [0.15, 0.2) is 17.5 Å². The zero-order valence-electron chi connectivity index (χ0n) is 5.76. The maximum atomic E-state index is 8.74. The predicted octanol–water partition coefficient (Wildman–Crippen LogP) is -2.10. The Morgan fingerprint density at radius 1 is 1.36 bits per heavy atom. The molecule has 58 valence electrons. The summed E-state index contributed by atoms with van der Waals surface area (Å²) in [4.78, 5) is 0. The maximum absolute atomic E-state index is 8.74. The van der Waals surface area contributed by atoms with Crippen molar-refractivity contribution in [3.8, 4) is 0 Å². The van der Waals surface area contributed by atoms with Crippen molar-refractivity contribution in [3.63, 3.8) is 0 Å². The Bertz CT molecular complexity index is 216. The Morgan fingerprint density at radius 2 is 1.82 bits per heavy atom. The van der Waals surface area contributed by atoms with Crippen LogP contribution in [0.2, 0.25) is 0 Å². The fourth-order valence-electron chi connectivity index (χ4n) is 0.196. The minimum Gasteiger partial charge on any atom is -0.304 e. The first-order valence-electron chi connectivity index (χ1n) is 2.09. The van der Waals surface area contributed by atoms with Crippen LogP contribution in [-0.2, 0) is 10.4 Å². The summed E-state index contributed by atoms with van der Waals surface area (Å²) < 4.78 is 31.6. The van der Waals surface area contributed by atoms with Gasteiger partial charge < -0.3 is 11.3 Å². The van der Waals surface area contributed by atoms with Gasteiger partial charge in [-0.15, -0.1) is 5.38 Å². The molecule has 0 bridgehead atoms. The predicted molar refractivity (Wildman–Crippen MR) is 37.3 cm³/mol. The molecular weight excluding hydrogens is 199 g/mol. The van der Waals surface area contributed by atoms with Crippen molar-refractivity contribution in [2.24, 2.45) is 0 Å². The summed E-state index contributed by atoms with van der Waals surface area (Å²) >= 11 is 1.59. The van der Waals surface area contributed by atoms with E-state index in [-0.39, 0.29) is 29.6 Å². The number of hydrogen-bond acceptors (Lipinski definition) is 3. The summed E-state index contributed by atoms with van der Waals surface area (Å²) in [6.45, 7) is 0. The Morgan fingerprint density at radius 3 is 1.91 bits per heavy atom. The van der Waals surface area contributed by atoms with E-state index in [1.165, 1.54) is 0 Å². The molecule has 1 aromatic heterocycles. The molecule has 0 atom stereocenters. The second-order valence-corrected chi connectivity index (χ2v) is 2.82.